The highest BCUT2D eigenvalue weighted by molar-refractivity contribution is 5.79. The second-order valence-corrected chi connectivity index (χ2v) is 7.16. The molecular formula is C18H23NO. The third-order valence-corrected chi connectivity index (χ3v) is 5.84. The highest BCUT2D eigenvalue weighted by Crippen LogP contribution is 2.56. The standard InChI is InChI=1S/C18H23NO/c20-18(19-11-12-4-2-1-3-5-12)17-15-7-13-6-14(9-15)10-16(17)8-13/h1-5,13-17H,6-11H2,(H,19,20). The molecular weight excluding hydrogens is 246 g/mol. The first-order chi connectivity index (χ1) is 9.79. The van der Waals surface area contributed by atoms with Gasteiger partial charge < -0.3 is 5.32 Å². The van der Waals surface area contributed by atoms with Crippen LogP contribution in [0.5, 0.6) is 0 Å². The minimum Gasteiger partial charge on any atom is -0.352 e. The summed E-state index contributed by atoms with van der Waals surface area (Å²) in [6.45, 7) is 0.683. The lowest BCUT2D eigenvalue weighted by molar-refractivity contribution is -0.138. The molecule has 4 saturated carbocycles. The summed E-state index contributed by atoms with van der Waals surface area (Å²) in [6, 6.07) is 10.2. The van der Waals surface area contributed by atoms with Crippen molar-refractivity contribution in [3.63, 3.8) is 0 Å². The summed E-state index contributed by atoms with van der Waals surface area (Å²) in [4.78, 5) is 12.6. The molecule has 106 valence electrons. The molecule has 4 bridgehead atoms. The second-order valence-electron chi connectivity index (χ2n) is 7.16. The molecule has 1 amide bonds. The first-order valence-corrected chi connectivity index (χ1v) is 8.11. The molecule has 4 aliphatic rings. The fourth-order valence-corrected chi connectivity index (χ4v) is 5.26. The summed E-state index contributed by atoms with van der Waals surface area (Å²) in [6.07, 6.45) is 6.71. The third-order valence-electron chi connectivity index (χ3n) is 5.84. The van der Waals surface area contributed by atoms with E-state index < -0.39 is 0 Å². The van der Waals surface area contributed by atoms with Gasteiger partial charge in [0.15, 0.2) is 0 Å². The van der Waals surface area contributed by atoms with Crippen LogP contribution in [-0.2, 0) is 11.3 Å². The van der Waals surface area contributed by atoms with E-state index in [-0.39, 0.29) is 0 Å². The van der Waals surface area contributed by atoms with E-state index in [1.165, 1.54) is 37.7 Å². The van der Waals surface area contributed by atoms with Gasteiger partial charge in [0.05, 0.1) is 0 Å². The molecule has 0 unspecified atom stereocenters. The molecule has 20 heavy (non-hydrogen) atoms. The lowest BCUT2D eigenvalue weighted by Crippen LogP contribution is -2.50. The zero-order chi connectivity index (χ0) is 13.5. The molecule has 0 heterocycles. The lowest BCUT2D eigenvalue weighted by Gasteiger charge is -2.53. The number of carbonyl (C=O) groups is 1. The van der Waals surface area contributed by atoms with E-state index in [2.05, 4.69) is 17.4 Å². The fraction of sp³-hybridized carbons (Fsp3) is 0.611. The van der Waals surface area contributed by atoms with E-state index in [0.29, 0.717) is 30.2 Å². The average molecular weight is 269 g/mol. The molecule has 0 aliphatic heterocycles. The predicted octanol–water partition coefficient (Wildman–Crippen LogP) is 3.38. The fourth-order valence-electron chi connectivity index (χ4n) is 5.26. The molecule has 2 heteroatoms. The second kappa shape index (κ2) is 4.91. The van der Waals surface area contributed by atoms with E-state index in [4.69, 9.17) is 0 Å². The van der Waals surface area contributed by atoms with Gasteiger partial charge in [0, 0.05) is 12.5 Å². The van der Waals surface area contributed by atoms with Gasteiger partial charge in [0.2, 0.25) is 5.91 Å². The van der Waals surface area contributed by atoms with E-state index in [1.54, 1.807) is 0 Å². The number of rotatable bonds is 3. The maximum Gasteiger partial charge on any atom is 0.223 e. The summed E-state index contributed by atoms with van der Waals surface area (Å²) in [5.41, 5.74) is 1.20. The van der Waals surface area contributed by atoms with Crippen LogP contribution in [0.25, 0.3) is 0 Å². The smallest absolute Gasteiger partial charge is 0.223 e. The van der Waals surface area contributed by atoms with Gasteiger partial charge in [-0.05, 0) is 61.3 Å². The van der Waals surface area contributed by atoms with Crippen LogP contribution in [0.15, 0.2) is 30.3 Å². The van der Waals surface area contributed by atoms with Crippen LogP contribution in [-0.4, -0.2) is 5.91 Å². The molecule has 0 saturated heterocycles. The summed E-state index contributed by atoms with van der Waals surface area (Å²) in [5.74, 6) is 3.88. The topological polar surface area (TPSA) is 29.1 Å². The zero-order valence-corrected chi connectivity index (χ0v) is 11.9. The van der Waals surface area contributed by atoms with Crippen LogP contribution in [0.1, 0.15) is 37.7 Å². The summed E-state index contributed by atoms with van der Waals surface area (Å²) >= 11 is 0. The monoisotopic (exact) mass is 269 g/mol. The van der Waals surface area contributed by atoms with Crippen molar-refractivity contribution in [3.05, 3.63) is 35.9 Å². The van der Waals surface area contributed by atoms with E-state index in [0.717, 1.165) is 11.8 Å². The largest absolute Gasteiger partial charge is 0.352 e. The van der Waals surface area contributed by atoms with Crippen LogP contribution in [0.2, 0.25) is 0 Å². The van der Waals surface area contributed by atoms with Gasteiger partial charge in [-0.25, -0.2) is 0 Å². The van der Waals surface area contributed by atoms with Gasteiger partial charge in [-0.3, -0.25) is 4.79 Å². The Hall–Kier alpha value is -1.31. The minimum absolute atomic E-state index is 0.312. The van der Waals surface area contributed by atoms with Crippen molar-refractivity contribution >= 4 is 5.91 Å². The number of benzene rings is 1. The van der Waals surface area contributed by atoms with E-state index >= 15 is 0 Å². The highest BCUT2D eigenvalue weighted by Gasteiger charge is 2.50. The van der Waals surface area contributed by atoms with Gasteiger partial charge in [-0.15, -0.1) is 0 Å². The molecule has 0 atom stereocenters. The van der Waals surface area contributed by atoms with Crippen molar-refractivity contribution < 1.29 is 4.79 Å². The Morgan fingerprint density at radius 3 is 2.15 bits per heavy atom. The first-order valence-electron chi connectivity index (χ1n) is 8.11. The van der Waals surface area contributed by atoms with Crippen LogP contribution in [0.4, 0.5) is 0 Å². The molecule has 0 spiro atoms. The molecule has 1 aromatic rings. The summed E-state index contributed by atoms with van der Waals surface area (Å²) in [7, 11) is 0. The highest BCUT2D eigenvalue weighted by atomic mass is 16.1. The maximum atomic E-state index is 12.6. The van der Waals surface area contributed by atoms with Crippen molar-refractivity contribution in [3.8, 4) is 0 Å². The van der Waals surface area contributed by atoms with Crippen molar-refractivity contribution in [1.82, 2.24) is 5.32 Å². The van der Waals surface area contributed by atoms with Crippen LogP contribution >= 0.6 is 0 Å². The zero-order valence-electron chi connectivity index (χ0n) is 11.9. The maximum absolute atomic E-state index is 12.6. The minimum atomic E-state index is 0.312. The number of carbonyl (C=O) groups excluding carboxylic acids is 1. The molecule has 0 aromatic heterocycles. The van der Waals surface area contributed by atoms with Crippen molar-refractivity contribution in [2.24, 2.45) is 29.6 Å². The van der Waals surface area contributed by atoms with Gasteiger partial charge in [0.25, 0.3) is 0 Å². The van der Waals surface area contributed by atoms with E-state index in [1.807, 2.05) is 18.2 Å². The van der Waals surface area contributed by atoms with Crippen molar-refractivity contribution in [2.75, 3.05) is 0 Å². The summed E-state index contributed by atoms with van der Waals surface area (Å²) in [5, 5.41) is 3.19. The van der Waals surface area contributed by atoms with Crippen LogP contribution in [0.3, 0.4) is 0 Å². The number of hydrogen-bond acceptors (Lipinski definition) is 1. The number of hydrogen-bond donors (Lipinski definition) is 1. The molecule has 1 N–H and O–H groups in total. The van der Waals surface area contributed by atoms with Gasteiger partial charge in [0.1, 0.15) is 0 Å². The molecule has 1 aromatic carbocycles. The lowest BCUT2D eigenvalue weighted by atomic mass is 9.51. The normalized spacial score (nSPS) is 37.9. The molecule has 2 nitrogen and oxygen atoms in total. The predicted molar refractivity (Wildman–Crippen MR) is 78.8 cm³/mol. The van der Waals surface area contributed by atoms with Crippen molar-refractivity contribution in [2.45, 2.75) is 38.6 Å². The van der Waals surface area contributed by atoms with Crippen LogP contribution < -0.4 is 5.32 Å². The Morgan fingerprint density at radius 2 is 1.55 bits per heavy atom. The SMILES string of the molecule is O=C(NCc1ccccc1)C1C2CC3CC(C2)CC1C3. The Balaban J connectivity index is 1.41. The molecule has 4 fully saturated rings. The molecule has 5 rings (SSSR count). The number of amides is 1. The molecule has 0 radical (unpaired) electrons. The first kappa shape index (κ1) is 12.4. The van der Waals surface area contributed by atoms with Crippen molar-refractivity contribution in [1.29, 1.82) is 0 Å². The Morgan fingerprint density at radius 1 is 0.950 bits per heavy atom. The van der Waals surface area contributed by atoms with Gasteiger partial charge >= 0.3 is 0 Å². The Kier molecular flexibility index (Phi) is 3.05. The Bertz CT molecular complexity index is 467. The quantitative estimate of drug-likeness (QED) is 0.895. The van der Waals surface area contributed by atoms with Gasteiger partial charge in [-0.2, -0.15) is 0 Å². The third kappa shape index (κ3) is 2.15. The number of nitrogens with one attached hydrogen (secondary N) is 1. The summed E-state index contributed by atoms with van der Waals surface area (Å²) < 4.78 is 0. The van der Waals surface area contributed by atoms with E-state index in [9.17, 15) is 4.79 Å². The molecule has 4 aliphatic carbocycles. The Labute approximate surface area is 121 Å². The van der Waals surface area contributed by atoms with Crippen LogP contribution in [0, 0.1) is 29.6 Å². The van der Waals surface area contributed by atoms with Gasteiger partial charge in [-0.1, -0.05) is 30.3 Å². The average Bonchev–Trinajstić information content (AvgIpc) is 2.45.